The molecular weight excluding hydrogens is 168 g/mol. The standard InChI is InChI=1S/C9H18N2O2/c1-6-8(10-2)7(9(12)13)4-5-11(6)3/h6-8,10H,4-5H2,1-3H3,(H,12,13). The predicted molar refractivity (Wildman–Crippen MR) is 50.7 cm³/mol. The highest BCUT2D eigenvalue weighted by molar-refractivity contribution is 5.71. The normalized spacial score (nSPS) is 36.1. The molecule has 1 aliphatic heterocycles. The van der Waals surface area contributed by atoms with Crippen molar-refractivity contribution in [2.45, 2.75) is 25.4 Å². The minimum atomic E-state index is -0.681. The van der Waals surface area contributed by atoms with E-state index < -0.39 is 5.97 Å². The Kier molecular flexibility index (Phi) is 3.27. The van der Waals surface area contributed by atoms with Gasteiger partial charge in [-0.2, -0.15) is 0 Å². The van der Waals surface area contributed by atoms with Crippen LogP contribution in [0.4, 0.5) is 0 Å². The number of carbonyl (C=O) groups is 1. The van der Waals surface area contributed by atoms with Gasteiger partial charge in [-0.05, 0) is 34.0 Å². The van der Waals surface area contributed by atoms with E-state index in [9.17, 15) is 4.79 Å². The van der Waals surface area contributed by atoms with E-state index in [0.29, 0.717) is 6.04 Å². The van der Waals surface area contributed by atoms with Crippen molar-refractivity contribution in [3.63, 3.8) is 0 Å². The van der Waals surface area contributed by atoms with Crippen LogP contribution in [0.1, 0.15) is 13.3 Å². The van der Waals surface area contributed by atoms with Gasteiger partial charge in [-0.1, -0.05) is 0 Å². The fraction of sp³-hybridized carbons (Fsp3) is 0.889. The summed E-state index contributed by atoms with van der Waals surface area (Å²) < 4.78 is 0. The number of piperidine rings is 1. The number of hydrogen-bond acceptors (Lipinski definition) is 3. The molecule has 1 saturated heterocycles. The van der Waals surface area contributed by atoms with Crippen LogP contribution in [0.25, 0.3) is 0 Å². The summed E-state index contributed by atoms with van der Waals surface area (Å²) in [5, 5.41) is 12.1. The van der Waals surface area contributed by atoms with Gasteiger partial charge in [0.1, 0.15) is 0 Å². The van der Waals surface area contributed by atoms with E-state index in [1.165, 1.54) is 0 Å². The number of nitrogens with zero attached hydrogens (tertiary/aromatic N) is 1. The first-order valence-electron chi connectivity index (χ1n) is 4.68. The van der Waals surface area contributed by atoms with Gasteiger partial charge in [0.25, 0.3) is 0 Å². The summed E-state index contributed by atoms with van der Waals surface area (Å²) in [5.74, 6) is -0.921. The van der Waals surface area contributed by atoms with Gasteiger partial charge >= 0.3 is 5.97 Å². The molecule has 3 unspecified atom stereocenters. The summed E-state index contributed by atoms with van der Waals surface area (Å²) in [5.41, 5.74) is 0. The SMILES string of the molecule is CNC1C(C(=O)O)CCN(C)C1C. The third-order valence-corrected chi connectivity index (χ3v) is 3.09. The number of hydrogen-bond donors (Lipinski definition) is 2. The lowest BCUT2D eigenvalue weighted by molar-refractivity contribution is -0.145. The van der Waals surface area contributed by atoms with Gasteiger partial charge in [0.05, 0.1) is 5.92 Å². The number of rotatable bonds is 2. The third kappa shape index (κ3) is 2.00. The van der Waals surface area contributed by atoms with E-state index >= 15 is 0 Å². The summed E-state index contributed by atoms with van der Waals surface area (Å²) >= 11 is 0. The van der Waals surface area contributed by atoms with E-state index in [1.54, 1.807) is 0 Å². The van der Waals surface area contributed by atoms with Crippen LogP contribution in [0, 0.1) is 5.92 Å². The number of likely N-dealkylation sites (N-methyl/N-ethyl adjacent to an activating group) is 2. The zero-order valence-corrected chi connectivity index (χ0v) is 8.45. The smallest absolute Gasteiger partial charge is 0.308 e. The Balaban J connectivity index is 2.71. The summed E-state index contributed by atoms with van der Waals surface area (Å²) in [7, 11) is 3.86. The molecule has 1 fully saturated rings. The Morgan fingerprint density at radius 2 is 2.23 bits per heavy atom. The van der Waals surface area contributed by atoms with Crippen molar-refractivity contribution in [1.29, 1.82) is 0 Å². The van der Waals surface area contributed by atoms with Gasteiger partial charge in [-0.3, -0.25) is 4.79 Å². The molecule has 0 aliphatic carbocycles. The first kappa shape index (κ1) is 10.5. The number of carboxylic acid groups (broad SMARTS) is 1. The Labute approximate surface area is 78.9 Å². The number of likely N-dealkylation sites (tertiary alicyclic amines) is 1. The van der Waals surface area contributed by atoms with E-state index in [1.807, 2.05) is 14.1 Å². The van der Waals surface area contributed by atoms with Crippen molar-refractivity contribution in [2.24, 2.45) is 5.92 Å². The van der Waals surface area contributed by atoms with Gasteiger partial charge in [-0.25, -0.2) is 0 Å². The Morgan fingerprint density at radius 3 is 2.69 bits per heavy atom. The first-order chi connectivity index (χ1) is 6.07. The molecule has 1 aliphatic rings. The molecule has 0 bridgehead atoms. The number of nitrogens with one attached hydrogen (secondary N) is 1. The average molecular weight is 186 g/mol. The van der Waals surface area contributed by atoms with Crippen molar-refractivity contribution in [2.75, 3.05) is 20.6 Å². The minimum Gasteiger partial charge on any atom is -0.481 e. The maximum atomic E-state index is 10.9. The minimum absolute atomic E-state index is 0.0660. The molecule has 76 valence electrons. The van der Waals surface area contributed by atoms with Crippen molar-refractivity contribution in [3.05, 3.63) is 0 Å². The topological polar surface area (TPSA) is 52.6 Å². The van der Waals surface area contributed by atoms with Crippen LogP contribution < -0.4 is 5.32 Å². The average Bonchev–Trinajstić information content (AvgIpc) is 2.09. The maximum absolute atomic E-state index is 10.9. The molecule has 13 heavy (non-hydrogen) atoms. The molecule has 1 rings (SSSR count). The summed E-state index contributed by atoms with van der Waals surface area (Å²) in [6, 6.07) is 0.357. The second-order valence-electron chi connectivity index (χ2n) is 3.77. The number of carboxylic acids is 1. The van der Waals surface area contributed by atoms with Crippen LogP contribution in [0.15, 0.2) is 0 Å². The van der Waals surface area contributed by atoms with E-state index in [0.717, 1.165) is 13.0 Å². The van der Waals surface area contributed by atoms with Crippen LogP contribution in [-0.4, -0.2) is 48.7 Å². The van der Waals surface area contributed by atoms with Crippen LogP contribution >= 0.6 is 0 Å². The van der Waals surface area contributed by atoms with Gasteiger partial charge in [0.15, 0.2) is 0 Å². The van der Waals surface area contributed by atoms with Gasteiger partial charge in [0.2, 0.25) is 0 Å². The molecule has 0 aromatic rings. The van der Waals surface area contributed by atoms with Crippen molar-refractivity contribution < 1.29 is 9.90 Å². The predicted octanol–water partition coefficient (Wildman–Crippen LogP) is -0.000800. The zero-order chi connectivity index (χ0) is 10.0. The molecule has 0 amide bonds. The first-order valence-corrected chi connectivity index (χ1v) is 4.68. The zero-order valence-electron chi connectivity index (χ0n) is 8.45. The fourth-order valence-corrected chi connectivity index (χ4v) is 2.06. The second-order valence-corrected chi connectivity index (χ2v) is 3.77. The maximum Gasteiger partial charge on any atom is 0.308 e. The largest absolute Gasteiger partial charge is 0.481 e. The molecule has 4 nitrogen and oxygen atoms in total. The lowest BCUT2D eigenvalue weighted by Crippen LogP contribution is -2.56. The molecule has 1 heterocycles. The monoisotopic (exact) mass is 186 g/mol. The molecule has 0 radical (unpaired) electrons. The summed E-state index contributed by atoms with van der Waals surface area (Å²) in [6.07, 6.45) is 0.738. The lowest BCUT2D eigenvalue weighted by Gasteiger charge is -2.40. The highest BCUT2D eigenvalue weighted by Gasteiger charge is 2.36. The molecule has 0 saturated carbocycles. The molecule has 2 N–H and O–H groups in total. The van der Waals surface area contributed by atoms with E-state index in [2.05, 4.69) is 17.1 Å². The number of aliphatic carboxylic acids is 1. The molecular formula is C9H18N2O2. The van der Waals surface area contributed by atoms with Gasteiger partial charge in [0, 0.05) is 12.1 Å². The fourth-order valence-electron chi connectivity index (χ4n) is 2.06. The van der Waals surface area contributed by atoms with Crippen LogP contribution in [0.5, 0.6) is 0 Å². The highest BCUT2D eigenvalue weighted by Crippen LogP contribution is 2.21. The summed E-state index contributed by atoms with van der Waals surface area (Å²) in [6.45, 7) is 2.94. The molecule has 0 aromatic carbocycles. The quantitative estimate of drug-likeness (QED) is 0.637. The molecule has 4 heteroatoms. The van der Waals surface area contributed by atoms with E-state index in [4.69, 9.17) is 5.11 Å². The van der Waals surface area contributed by atoms with Crippen molar-refractivity contribution in [1.82, 2.24) is 10.2 Å². The van der Waals surface area contributed by atoms with Crippen molar-refractivity contribution in [3.8, 4) is 0 Å². The van der Waals surface area contributed by atoms with Crippen LogP contribution in [-0.2, 0) is 4.79 Å². The van der Waals surface area contributed by atoms with Crippen LogP contribution in [0.2, 0.25) is 0 Å². The third-order valence-electron chi connectivity index (χ3n) is 3.09. The summed E-state index contributed by atoms with van der Waals surface area (Å²) in [4.78, 5) is 13.1. The Bertz CT molecular complexity index is 196. The Hall–Kier alpha value is -0.610. The second kappa shape index (κ2) is 4.07. The highest BCUT2D eigenvalue weighted by atomic mass is 16.4. The van der Waals surface area contributed by atoms with Gasteiger partial charge < -0.3 is 15.3 Å². The molecule has 0 spiro atoms. The van der Waals surface area contributed by atoms with Gasteiger partial charge in [-0.15, -0.1) is 0 Å². The molecule has 0 aromatic heterocycles. The molecule has 3 atom stereocenters. The van der Waals surface area contributed by atoms with E-state index in [-0.39, 0.29) is 12.0 Å². The lowest BCUT2D eigenvalue weighted by atomic mass is 9.86. The van der Waals surface area contributed by atoms with Crippen molar-refractivity contribution >= 4 is 5.97 Å². The Morgan fingerprint density at radius 1 is 1.62 bits per heavy atom. The van der Waals surface area contributed by atoms with Crippen LogP contribution in [0.3, 0.4) is 0 Å².